The number of hydroxylamine groups is 4. The number of urea groups is 1. The van der Waals surface area contributed by atoms with E-state index in [-0.39, 0.29) is 25.0 Å². The number of hydrogen-bond acceptors (Lipinski definition) is 12. The minimum atomic E-state index is -4.61. The first kappa shape index (κ1) is 37.0. The monoisotopic (exact) mass is 655 g/mol. The van der Waals surface area contributed by atoms with E-state index in [0.717, 1.165) is 75.7 Å². The molecule has 0 aromatic carbocycles. The van der Waals surface area contributed by atoms with Crippen molar-refractivity contribution in [3.63, 3.8) is 0 Å². The fourth-order valence-electron chi connectivity index (χ4n) is 6.28. The number of carbonyl (C=O) groups excluding carboxylic acids is 2. The number of aromatic nitrogens is 2. The van der Waals surface area contributed by atoms with Gasteiger partial charge in [0.05, 0.1) is 19.1 Å². The number of piperidine rings is 1. The van der Waals surface area contributed by atoms with Crippen LogP contribution in [0.25, 0.3) is 0 Å². The number of carbonyl (C=O) groups is 1. The third kappa shape index (κ3) is 10.0. The highest BCUT2D eigenvalue weighted by molar-refractivity contribution is 7.81. The van der Waals surface area contributed by atoms with E-state index in [0.29, 0.717) is 31.8 Å². The van der Waals surface area contributed by atoms with Gasteiger partial charge in [0.15, 0.2) is 0 Å². The van der Waals surface area contributed by atoms with Gasteiger partial charge in [-0.3, -0.25) is 0 Å². The number of hydrogen-bond donors (Lipinski definition) is 1. The topological polar surface area (TPSA) is 160 Å². The number of unbranched alkanes of at least 4 members (excludes halogenated alkanes) is 3. The van der Waals surface area contributed by atoms with Crippen molar-refractivity contribution in [2.45, 2.75) is 148 Å². The Labute approximate surface area is 268 Å². The van der Waals surface area contributed by atoms with Crippen LogP contribution in [0.4, 0.5) is 4.79 Å². The average Bonchev–Trinajstić information content (AvgIpc) is 3.59. The third-order valence-electron chi connectivity index (χ3n) is 8.80. The summed E-state index contributed by atoms with van der Waals surface area (Å²) < 4.78 is 44.1. The molecule has 1 N–H and O–H groups in total. The molecule has 14 nitrogen and oxygen atoms in total. The van der Waals surface area contributed by atoms with Crippen LogP contribution in [-0.4, -0.2) is 83.0 Å². The van der Waals surface area contributed by atoms with E-state index in [1.54, 1.807) is 11.1 Å². The lowest BCUT2D eigenvalue weighted by Gasteiger charge is -2.43. The van der Waals surface area contributed by atoms with Gasteiger partial charge in [-0.05, 0) is 44.9 Å². The Kier molecular flexibility index (Phi) is 14.9. The number of isocyanates is 1. The van der Waals surface area contributed by atoms with Gasteiger partial charge in [0.2, 0.25) is 17.9 Å². The molecule has 256 valence electrons. The van der Waals surface area contributed by atoms with Crippen LogP contribution in [-0.2, 0) is 30.3 Å². The van der Waals surface area contributed by atoms with Gasteiger partial charge in [-0.2, -0.15) is 22.8 Å². The lowest BCUT2D eigenvalue weighted by atomic mass is 9.82. The van der Waals surface area contributed by atoms with E-state index in [1.807, 2.05) is 6.92 Å². The number of aliphatic imine (C=N–C) groups is 1. The second-order valence-electron chi connectivity index (χ2n) is 12.2. The van der Waals surface area contributed by atoms with Crippen molar-refractivity contribution >= 4 is 22.5 Å². The van der Waals surface area contributed by atoms with Crippen molar-refractivity contribution in [3.05, 3.63) is 11.8 Å². The Hall–Kier alpha value is -2.42. The molecule has 3 atom stereocenters. The average molecular weight is 656 g/mol. The van der Waals surface area contributed by atoms with Crippen molar-refractivity contribution < 1.29 is 31.0 Å². The minimum Gasteiger partial charge on any atom is -0.422 e. The predicted molar refractivity (Wildman–Crippen MR) is 167 cm³/mol. The summed E-state index contributed by atoms with van der Waals surface area (Å²) in [5, 5.41) is 14.1. The standard InChI is InChI=1S/C30H53N7O7S/c1-6-11-17-30(16-9-4,18-12-7-2)36(19-13-8-3)43-45(40,41)44-37-25-14-15-26(35(22-25)29(37)39)28-34-33-27(42-28)21-32-24(10-5)20-31-23-38/h24-26,32H,6-22H2,1-5H3/t24?,25-,26-/m0/s1. The summed E-state index contributed by atoms with van der Waals surface area (Å²) in [5.41, 5.74) is -0.435. The normalized spacial score (nSPS) is 19.4. The highest BCUT2D eigenvalue weighted by atomic mass is 32.3. The Morgan fingerprint density at radius 1 is 1.07 bits per heavy atom. The maximum atomic E-state index is 13.5. The Morgan fingerprint density at radius 2 is 1.78 bits per heavy atom. The summed E-state index contributed by atoms with van der Waals surface area (Å²) >= 11 is 0. The van der Waals surface area contributed by atoms with E-state index in [1.165, 1.54) is 4.90 Å². The number of amides is 2. The van der Waals surface area contributed by atoms with Gasteiger partial charge in [0.25, 0.3) is 0 Å². The molecule has 1 aromatic rings. The largest absolute Gasteiger partial charge is 0.437 e. The second kappa shape index (κ2) is 18.1. The van der Waals surface area contributed by atoms with Gasteiger partial charge < -0.3 is 14.6 Å². The van der Waals surface area contributed by atoms with Gasteiger partial charge in [0.1, 0.15) is 6.04 Å². The summed E-state index contributed by atoms with van der Waals surface area (Å²) in [6.07, 6.45) is 12.2. The molecule has 2 aliphatic heterocycles. The number of fused-ring (bicyclic) bond motifs is 2. The molecule has 3 rings (SSSR count). The smallest absolute Gasteiger partial charge is 0.422 e. The zero-order chi connectivity index (χ0) is 32.9. The Morgan fingerprint density at radius 3 is 2.40 bits per heavy atom. The van der Waals surface area contributed by atoms with E-state index >= 15 is 0 Å². The molecular weight excluding hydrogens is 602 g/mol. The van der Waals surface area contributed by atoms with Crippen LogP contribution in [0.15, 0.2) is 9.41 Å². The van der Waals surface area contributed by atoms with E-state index in [2.05, 4.69) is 48.2 Å². The van der Waals surface area contributed by atoms with Gasteiger partial charge in [-0.1, -0.05) is 73.1 Å². The van der Waals surface area contributed by atoms with Gasteiger partial charge in [-0.15, -0.1) is 14.5 Å². The number of nitrogens with one attached hydrogen (secondary N) is 1. The second-order valence-corrected chi connectivity index (χ2v) is 13.3. The molecule has 0 aliphatic carbocycles. The maximum Gasteiger partial charge on any atom is 0.437 e. The molecule has 3 heterocycles. The Bertz CT molecular complexity index is 1200. The lowest BCUT2D eigenvalue weighted by Crippen LogP contribution is -2.51. The fraction of sp³-hybridized carbons (Fsp3) is 0.867. The molecule has 2 bridgehead atoms. The zero-order valence-electron chi connectivity index (χ0n) is 27.7. The van der Waals surface area contributed by atoms with Crippen LogP contribution in [0.1, 0.15) is 136 Å². The van der Waals surface area contributed by atoms with Crippen molar-refractivity contribution in [2.24, 2.45) is 4.99 Å². The summed E-state index contributed by atoms with van der Waals surface area (Å²) in [7, 11) is -4.61. The molecular formula is C30H53N7O7S. The zero-order valence-corrected chi connectivity index (χ0v) is 28.5. The van der Waals surface area contributed by atoms with Gasteiger partial charge in [-0.25, -0.2) is 14.6 Å². The van der Waals surface area contributed by atoms with Crippen LogP contribution >= 0.6 is 0 Å². The first-order valence-electron chi connectivity index (χ1n) is 16.8. The van der Waals surface area contributed by atoms with E-state index in [9.17, 15) is 18.0 Å². The minimum absolute atomic E-state index is 0.0457. The SMILES string of the molecule is CCCCN(OS(=O)(=O)ON1C(=O)N2C[C@@H]1CC[C@H]2c1nnc(CNC(CC)CN=C=O)o1)C(CCC)(CCCC)CCCC. The first-order valence-corrected chi connectivity index (χ1v) is 18.1. The third-order valence-corrected chi connectivity index (χ3v) is 9.51. The van der Waals surface area contributed by atoms with Gasteiger partial charge in [0, 0.05) is 24.7 Å². The summed E-state index contributed by atoms with van der Waals surface area (Å²) in [6, 6.07) is -1.59. The molecule has 1 unspecified atom stereocenters. The predicted octanol–water partition coefficient (Wildman–Crippen LogP) is 5.34. The molecule has 2 amide bonds. The van der Waals surface area contributed by atoms with Crippen LogP contribution in [0.2, 0.25) is 0 Å². The lowest BCUT2D eigenvalue weighted by molar-refractivity contribution is -0.172. The van der Waals surface area contributed by atoms with Crippen molar-refractivity contribution in [3.8, 4) is 0 Å². The van der Waals surface area contributed by atoms with Crippen LogP contribution in [0.3, 0.4) is 0 Å². The van der Waals surface area contributed by atoms with Crippen molar-refractivity contribution in [1.29, 1.82) is 0 Å². The molecule has 1 aromatic heterocycles. The fourth-order valence-corrected chi connectivity index (χ4v) is 7.14. The molecule has 45 heavy (non-hydrogen) atoms. The van der Waals surface area contributed by atoms with E-state index in [4.69, 9.17) is 13.0 Å². The van der Waals surface area contributed by atoms with Crippen molar-refractivity contribution in [2.75, 3.05) is 19.6 Å². The highest BCUT2D eigenvalue weighted by Crippen LogP contribution is 2.39. The van der Waals surface area contributed by atoms with Crippen LogP contribution < -0.4 is 5.32 Å². The molecule has 2 aliphatic rings. The summed E-state index contributed by atoms with van der Waals surface area (Å²) in [6.45, 7) is 11.7. The maximum absolute atomic E-state index is 13.5. The molecule has 0 radical (unpaired) electrons. The van der Waals surface area contributed by atoms with Gasteiger partial charge >= 0.3 is 16.4 Å². The number of nitrogens with zero attached hydrogens (tertiary/aromatic N) is 6. The molecule has 0 saturated carbocycles. The molecule has 0 spiro atoms. The molecule has 15 heteroatoms. The van der Waals surface area contributed by atoms with Crippen LogP contribution in [0, 0.1) is 0 Å². The Balaban J connectivity index is 1.72. The summed E-state index contributed by atoms with van der Waals surface area (Å²) in [5.74, 6) is 0.616. The van der Waals surface area contributed by atoms with Crippen molar-refractivity contribution in [1.82, 2.24) is 30.5 Å². The first-order chi connectivity index (χ1) is 21.7. The highest BCUT2D eigenvalue weighted by Gasteiger charge is 2.50. The number of rotatable bonds is 23. The molecule has 2 saturated heterocycles. The van der Waals surface area contributed by atoms with E-state index < -0.39 is 34.1 Å². The van der Waals surface area contributed by atoms with Crippen LogP contribution in [0.5, 0.6) is 0 Å². The quantitative estimate of drug-likeness (QED) is 0.0920. The molecule has 2 fully saturated rings. The summed E-state index contributed by atoms with van der Waals surface area (Å²) in [4.78, 5) is 29.1.